The van der Waals surface area contributed by atoms with Crippen molar-refractivity contribution >= 4 is 51.6 Å². The summed E-state index contributed by atoms with van der Waals surface area (Å²) in [6.45, 7) is 7.02. The van der Waals surface area contributed by atoms with E-state index in [0.29, 0.717) is 24.3 Å². The highest BCUT2D eigenvalue weighted by atomic mass is 127. The van der Waals surface area contributed by atoms with Gasteiger partial charge in [-0.2, -0.15) is 4.98 Å². The van der Waals surface area contributed by atoms with Gasteiger partial charge in [0.05, 0.1) is 0 Å². The zero-order valence-electron chi connectivity index (χ0n) is 14.9. The van der Waals surface area contributed by atoms with Crippen molar-refractivity contribution in [2.75, 3.05) is 24.5 Å². The predicted molar refractivity (Wildman–Crippen MR) is 117 cm³/mol. The molecule has 0 spiro atoms. The van der Waals surface area contributed by atoms with E-state index in [9.17, 15) is 0 Å². The minimum Gasteiger partial charge on any atom is -0.369 e. The molecule has 2 heterocycles. The zero-order chi connectivity index (χ0) is 17.6. The number of hydrogen-bond donors (Lipinski definition) is 2. The lowest BCUT2D eigenvalue weighted by Gasteiger charge is -2.20. The summed E-state index contributed by atoms with van der Waals surface area (Å²) < 4.78 is 6.08. The summed E-state index contributed by atoms with van der Waals surface area (Å²) in [5.41, 5.74) is 1.25. The molecule has 0 bridgehead atoms. The first kappa shape index (κ1) is 20.9. The lowest BCUT2D eigenvalue weighted by molar-refractivity contribution is 0.387. The van der Waals surface area contributed by atoms with Crippen LogP contribution in [0.25, 0.3) is 0 Å². The molecule has 2 aromatic rings. The van der Waals surface area contributed by atoms with E-state index >= 15 is 0 Å². The fraction of sp³-hybridized carbons (Fsp3) is 0.471. The van der Waals surface area contributed by atoms with Crippen molar-refractivity contribution in [1.29, 1.82) is 0 Å². The second-order valence-corrected chi connectivity index (χ2v) is 6.89. The van der Waals surface area contributed by atoms with E-state index in [0.717, 1.165) is 36.5 Å². The van der Waals surface area contributed by atoms with Crippen LogP contribution in [0.15, 0.2) is 38.3 Å². The molecule has 1 aliphatic heterocycles. The average Bonchev–Trinajstić information content (AvgIpc) is 3.23. The third kappa shape index (κ3) is 5.83. The SMILES string of the molecule is CCNC(=NCc1noc(C)n1)NC1CCN(c2ccc(Br)cc2)C1.I. The maximum absolute atomic E-state index is 4.98. The van der Waals surface area contributed by atoms with Crippen LogP contribution in [0.2, 0.25) is 0 Å². The Balaban J connectivity index is 0.00000243. The summed E-state index contributed by atoms with van der Waals surface area (Å²) in [5, 5.41) is 10.7. The van der Waals surface area contributed by atoms with E-state index < -0.39 is 0 Å². The summed E-state index contributed by atoms with van der Waals surface area (Å²) in [6.07, 6.45) is 1.07. The Kier molecular flexibility index (Phi) is 8.14. The van der Waals surface area contributed by atoms with E-state index in [1.807, 2.05) is 0 Å². The van der Waals surface area contributed by atoms with Crippen LogP contribution >= 0.6 is 39.9 Å². The van der Waals surface area contributed by atoms with Crippen molar-refractivity contribution in [1.82, 2.24) is 20.8 Å². The number of aromatic nitrogens is 2. The molecule has 0 amide bonds. The molecule has 0 radical (unpaired) electrons. The van der Waals surface area contributed by atoms with Gasteiger partial charge in [0.25, 0.3) is 0 Å². The van der Waals surface area contributed by atoms with Gasteiger partial charge < -0.3 is 20.1 Å². The smallest absolute Gasteiger partial charge is 0.223 e. The molecule has 1 atom stereocenters. The topological polar surface area (TPSA) is 78.6 Å². The van der Waals surface area contributed by atoms with Crippen molar-refractivity contribution in [3.8, 4) is 0 Å². The Morgan fingerprint density at radius 1 is 1.38 bits per heavy atom. The number of benzene rings is 1. The normalized spacial score (nSPS) is 17.1. The van der Waals surface area contributed by atoms with E-state index in [1.54, 1.807) is 6.92 Å². The molecule has 26 heavy (non-hydrogen) atoms. The maximum Gasteiger partial charge on any atom is 0.223 e. The van der Waals surface area contributed by atoms with Crippen LogP contribution in [0.5, 0.6) is 0 Å². The lowest BCUT2D eigenvalue weighted by atomic mass is 10.3. The maximum atomic E-state index is 4.98. The van der Waals surface area contributed by atoms with Gasteiger partial charge in [-0.05, 0) is 37.6 Å². The number of nitrogens with one attached hydrogen (secondary N) is 2. The van der Waals surface area contributed by atoms with Crippen LogP contribution < -0.4 is 15.5 Å². The van der Waals surface area contributed by atoms with Crippen LogP contribution in [0.4, 0.5) is 5.69 Å². The average molecular weight is 535 g/mol. The molecule has 2 N–H and O–H groups in total. The van der Waals surface area contributed by atoms with Gasteiger partial charge in [0.2, 0.25) is 5.89 Å². The van der Waals surface area contributed by atoms with Crippen molar-refractivity contribution < 1.29 is 4.52 Å². The highest BCUT2D eigenvalue weighted by Gasteiger charge is 2.23. The molecule has 3 rings (SSSR count). The number of guanidine groups is 1. The Morgan fingerprint density at radius 2 is 2.15 bits per heavy atom. The van der Waals surface area contributed by atoms with Crippen molar-refractivity contribution in [2.24, 2.45) is 4.99 Å². The van der Waals surface area contributed by atoms with Crippen LogP contribution in [0, 0.1) is 6.92 Å². The Morgan fingerprint density at radius 3 is 2.81 bits per heavy atom. The third-order valence-corrected chi connectivity index (χ3v) is 4.54. The second-order valence-electron chi connectivity index (χ2n) is 5.98. The molecule has 1 aromatic carbocycles. The van der Waals surface area contributed by atoms with E-state index in [4.69, 9.17) is 4.52 Å². The summed E-state index contributed by atoms with van der Waals surface area (Å²) in [4.78, 5) is 11.1. The van der Waals surface area contributed by atoms with Crippen LogP contribution in [-0.2, 0) is 6.54 Å². The highest BCUT2D eigenvalue weighted by Crippen LogP contribution is 2.22. The van der Waals surface area contributed by atoms with Crippen molar-refractivity contribution in [2.45, 2.75) is 32.9 Å². The molecule has 142 valence electrons. The quantitative estimate of drug-likeness (QED) is 0.349. The van der Waals surface area contributed by atoms with Gasteiger partial charge in [-0.3, -0.25) is 0 Å². The van der Waals surface area contributed by atoms with E-state index in [2.05, 4.69) is 77.8 Å². The predicted octanol–water partition coefficient (Wildman–Crippen LogP) is 3.09. The lowest BCUT2D eigenvalue weighted by Crippen LogP contribution is -2.44. The van der Waals surface area contributed by atoms with E-state index in [-0.39, 0.29) is 24.0 Å². The molecule has 0 aliphatic carbocycles. The fourth-order valence-corrected chi connectivity index (χ4v) is 3.10. The Labute approximate surface area is 179 Å². The molecule has 1 aromatic heterocycles. The number of aliphatic imine (C=N–C) groups is 1. The number of aryl methyl sites for hydroxylation is 1. The monoisotopic (exact) mass is 534 g/mol. The molecule has 7 nitrogen and oxygen atoms in total. The Hall–Kier alpha value is -1.36. The van der Waals surface area contributed by atoms with Gasteiger partial charge in [0, 0.05) is 42.8 Å². The molecule has 1 fully saturated rings. The zero-order valence-corrected chi connectivity index (χ0v) is 18.8. The molecule has 1 unspecified atom stereocenters. The number of anilines is 1. The molecular formula is C17H24BrIN6O. The van der Waals surface area contributed by atoms with Gasteiger partial charge in [-0.15, -0.1) is 24.0 Å². The molecule has 1 aliphatic rings. The first-order chi connectivity index (χ1) is 12.1. The number of nitrogens with zero attached hydrogens (tertiary/aromatic N) is 4. The van der Waals surface area contributed by atoms with Gasteiger partial charge in [0.1, 0.15) is 6.54 Å². The van der Waals surface area contributed by atoms with Crippen LogP contribution in [0.1, 0.15) is 25.1 Å². The van der Waals surface area contributed by atoms with Gasteiger partial charge in [0.15, 0.2) is 11.8 Å². The summed E-state index contributed by atoms with van der Waals surface area (Å²) >= 11 is 3.48. The number of hydrogen-bond acceptors (Lipinski definition) is 5. The molecule has 1 saturated heterocycles. The van der Waals surface area contributed by atoms with E-state index in [1.165, 1.54) is 5.69 Å². The first-order valence-electron chi connectivity index (χ1n) is 8.48. The number of rotatable bonds is 5. The second kappa shape index (κ2) is 10.1. The van der Waals surface area contributed by atoms with Crippen LogP contribution in [0.3, 0.4) is 0 Å². The first-order valence-corrected chi connectivity index (χ1v) is 9.28. The third-order valence-electron chi connectivity index (χ3n) is 4.01. The van der Waals surface area contributed by atoms with Crippen molar-refractivity contribution in [3.63, 3.8) is 0 Å². The summed E-state index contributed by atoms with van der Waals surface area (Å²) in [7, 11) is 0. The standard InChI is InChI=1S/C17H23BrN6O.HI/c1-3-19-17(20-10-16-21-12(2)25-23-16)22-14-8-9-24(11-14)15-6-4-13(18)5-7-15;/h4-7,14H,3,8-11H2,1-2H3,(H2,19,20,22);1H. The summed E-state index contributed by atoms with van der Waals surface area (Å²) in [5.74, 6) is 1.94. The van der Waals surface area contributed by atoms with Gasteiger partial charge in [-0.25, -0.2) is 4.99 Å². The van der Waals surface area contributed by atoms with Crippen molar-refractivity contribution in [3.05, 3.63) is 40.5 Å². The molecule has 0 saturated carbocycles. The minimum atomic E-state index is 0. The highest BCUT2D eigenvalue weighted by molar-refractivity contribution is 14.0. The van der Waals surface area contributed by atoms with Gasteiger partial charge >= 0.3 is 0 Å². The number of halogens is 2. The molecule has 9 heteroatoms. The molecular weight excluding hydrogens is 511 g/mol. The largest absolute Gasteiger partial charge is 0.369 e. The minimum absolute atomic E-state index is 0. The Bertz CT molecular complexity index is 720. The fourth-order valence-electron chi connectivity index (χ4n) is 2.83. The van der Waals surface area contributed by atoms with Gasteiger partial charge in [-0.1, -0.05) is 21.1 Å². The summed E-state index contributed by atoms with van der Waals surface area (Å²) in [6, 6.07) is 8.80. The van der Waals surface area contributed by atoms with Crippen LogP contribution in [-0.4, -0.2) is 41.8 Å².